The molecule has 1 aliphatic rings. The van der Waals surface area contributed by atoms with E-state index in [2.05, 4.69) is 29.6 Å². The van der Waals surface area contributed by atoms with Gasteiger partial charge in [-0.25, -0.2) is 4.79 Å². The number of aliphatic hydroxyl groups excluding tert-OH is 1. The smallest absolute Gasteiger partial charge is 0.411 e. The van der Waals surface area contributed by atoms with Crippen LogP contribution in [0.3, 0.4) is 0 Å². The van der Waals surface area contributed by atoms with Crippen molar-refractivity contribution in [2.75, 3.05) is 18.5 Å². The summed E-state index contributed by atoms with van der Waals surface area (Å²) in [6, 6.07) is 23.4. The molecule has 5 nitrogen and oxygen atoms in total. The molecule has 1 atom stereocenters. The Labute approximate surface area is 169 Å². The number of carbonyl (C=O) groups excluding carboxylic acids is 1. The molecule has 0 bridgehead atoms. The third-order valence-electron chi connectivity index (χ3n) is 4.94. The van der Waals surface area contributed by atoms with Gasteiger partial charge >= 0.3 is 6.09 Å². The van der Waals surface area contributed by atoms with Gasteiger partial charge in [0.25, 0.3) is 0 Å². The van der Waals surface area contributed by atoms with Gasteiger partial charge < -0.3 is 14.6 Å². The van der Waals surface area contributed by atoms with E-state index in [4.69, 9.17) is 9.47 Å². The van der Waals surface area contributed by atoms with E-state index in [1.165, 1.54) is 22.3 Å². The van der Waals surface area contributed by atoms with E-state index in [-0.39, 0.29) is 19.1 Å². The molecule has 5 heteroatoms. The Morgan fingerprint density at radius 2 is 1.55 bits per heavy atom. The molecule has 1 unspecified atom stereocenters. The van der Waals surface area contributed by atoms with E-state index >= 15 is 0 Å². The molecule has 0 heterocycles. The van der Waals surface area contributed by atoms with Crippen LogP contribution in [0, 0.1) is 0 Å². The van der Waals surface area contributed by atoms with Gasteiger partial charge in [-0.15, -0.1) is 0 Å². The van der Waals surface area contributed by atoms with Crippen LogP contribution >= 0.6 is 0 Å². The Balaban J connectivity index is 1.38. The summed E-state index contributed by atoms with van der Waals surface area (Å²) in [5.41, 5.74) is 5.38. The number of carbonyl (C=O) groups is 1. The molecule has 29 heavy (non-hydrogen) atoms. The van der Waals surface area contributed by atoms with Crippen molar-refractivity contribution in [1.29, 1.82) is 0 Å². The van der Waals surface area contributed by atoms with E-state index < -0.39 is 12.2 Å². The fraction of sp³-hybridized carbons (Fsp3) is 0.208. The number of aliphatic hydroxyl groups is 1. The maximum Gasteiger partial charge on any atom is 0.411 e. The predicted octanol–water partition coefficient (Wildman–Crippen LogP) is 4.81. The molecule has 0 aliphatic heterocycles. The van der Waals surface area contributed by atoms with E-state index in [1.54, 1.807) is 31.2 Å². The van der Waals surface area contributed by atoms with Crippen LogP contribution in [-0.4, -0.2) is 30.5 Å². The van der Waals surface area contributed by atoms with Crippen molar-refractivity contribution in [3.05, 3.63) is 83.9 Å². The van der Waals surface area contributed by atoms with Crippen molar-refractivity contribution in [3.8, 4) is 16.9 Å². The van der Waals surface area contributed by atoms with Crippen molar-refractivity contribution in [2.45, 2.75) is 18.9 Å². The zero-order valence-corrected chi connectivity index (χ0v) is 16.2. The van der Waals surface area contributed by atoms with E-state index in [1.807, 2.05) is 24.3 Å². The SMILES string of the molecule is CC(O)COc1ccc(NC(=O)OCC2c3ccccc3-c3ccccc32)cc1. The van der Waals surface area contributed by atoms with E-state index in [9.17, 15) is 9.90 Å². The Morgan fingerprint density at radius 3 is 2.14 bits per heavy atom. The fourth-order valence-corrected chi connectivity index (χ4v) is 3.60. The molecule has 2 N–H and O–H groups in total. The van der Waals surface area contributed by atoms with Crippen LogP contribution in [0.25, 0.3) is 11.1 Å². The average Bonchev–Trinajstić information content (AvgIpc) is 3.05. The topological polar surface area (TPSA) is 67.8 Å². The van der Waals surface area contributed by atoms with Crippen LogP contribution in [0.5, 0.6) is 5.75 Å². The summed E-state index contributed by atoms with van der Waals surface area (Å²) in [4.78, 5) is 12.3. The van der Waals surface area contributed by atoms with Gasteiger partial charge in [-0.1, -0.05) is 48.5 Å². The first-order valence-corrected chi connectivity index (χ1v) is 9.65. The molecular weight excluding hydrogens is 366 g/mol. The van der Waals surface area contributed by atoms with Gasteiger partial charge in [0, 0.05) is 11.6 Å². The number of benzene rings is 3. The lowest BCUT2D eigenvalue weighted by Crippen LogP contribution is -2.18. The summed E-state index contributed by atoms with van der Waals surface area (Å²) in [6.07, 6.45) is -1.03. The second-order valence-electron chi connectivity index (χ2n) is 7.13. The normalized spacial score (nSPS) is 13.3. The van der Waals surface area contributed by atoms with Gasteiger partial charge in [-0.05, 0) is 53.4 Å². The van der Waals surface area contributed by atoms with Gasteiger partial charge in [-0.2, -0.15) is 0 Å². The summed E-state index contributed by atoms with van der Waals surface area (Å²) in [5.74, 6) is 0.661. The Kier molecular flexibility index (Phi) is 5.49. The number of fused-ring (bicyclic) bond motifs is 3. The number of hydrogen-bond donors (Lipinski definition) is 2. The monoisotopic (exact) mass is 389 g/mol. The van der Waals surface area contributed by atoms with Gasteiger partial charge in [0.2, 0.25) is 0 Å². The lowest BCUT2D eigenvalue weighted by Gasteiger charge is -2.15. The minimum Gasteiger partial charge on any atom is -0.491 e. The largest absolute Gasteiger partial charge is 0.491 e. The number of rotatable bonds is 6. The van der Waals surface area contributed by atoms with Gasteiger partial charge in [0.1, 0.15) is 19.0 Å². The molecule has 148 valence electrons. The highest BCUT2D eigenvalue weighted by Gasteiger charge is 2.28. The highest BCUT2D eigenvalue weighted by molar-refractivity contribution is 5.85. The van der Waals surface area contributed by atoms with Crippen molar-refractivity contribution in [1.82, 2.24) is 0 Å². The molecule has 0 saturated carbocycles. The molecule has 3 aromatic carbocycles. The second kappa shape index (κ2) is 8.37. The highest BCUT2D eigenvalue weighted by atomic mass is 16.5. The summed E-state index contributed by atoms with van der Waals surface area (Å²) >= 11 is 0. The molecule has 4 rings (SSSR count). The third-order valence-corrected chi connectivity index (χ3v) is 4.94. The minimum absolute atomic E-state index is 0.0318. The molecule has 1 aliphatic carbocycles. The van der Waals surface area contributed by atoms with Crippen molar-refractivity contribution < 1.29 is 19.4 Å². The van der Waals surface area contributed by atoms with Crippen LogP contribution in [0.15, 0.2) is 72.8 Å². The minimum atomic E-state index is -0.534. The average molecular weight is 389 g/mol. The molecular formula is C24H23NO4. The van der Waals surface area contributed by atoms with Crippen molar-refractivity contribution >= 4 is 11.8 Å². The quantitative estimate of drug-likeness (QED) is 0.635. The zero-order valence-electron chi connectivity index (χ0n) is 16.2. The Bertz CT molecular complexity index is 952. The van der Waals surface area contributed by atoms with Crippen LogP contribution in [0.4, 0.5) is 10.5 Å². The third kappa shape index (κ3) is 4.25. The van der Waals surface area contributed by atoms with E-state index in [0.29, 0.717) is 11.4 Å². The van der Waals surface area contributed by atoms with E-state index in [0.717, 1.165) is 0 Å². The lowest BCUT2D eigenvalue weighted by atomic mass is 9.98. The first kappa shape index (κ1) is 19.0. The number of anilines is 1. The summed E-state index contributed by atoms with van der Waals surface area (Å²) in [7, 11) is 0. The highest BCUT2D eigenvalue weighted by Crippen LogP contribution is 2.44. The summed E-state index contributed by atoms with van der Waals surface area (Å²) < 4.78 is 11.0. The lowest BCUT2D eigenvalue weighted by molar-refractivity contribution is 0.123. The standard InChI is InChI=1S/C24H23NO4/c1-16(26)14-28-18-12-10-17(11-13-18)25-24(27)29-15-23-21-8-4-2-6-19(21)20-7-3-5-9-22(20)23/h2-13,16,23,26H,14-15H2,1H3,(H,25,27). The molecule has 0 aromatic heterocycles. The molecule has 0 spiro atoms. The van der Waals surface area contributed by atoms with Crippen LogP contribution in [-0.2, 0) is 4.74 Å². The van der Waals surface area contributed by atoms with Gasteiger partial charge in [0.05, 0.1) is 6.10 Å². The Morgan fingerprint density at radius 1 is 0.966 bits per heavy atom. The van der Waals surface area contributed by atoms with Crippen molar-refractivity contribution in [3.63, 3.8) is 0 Å². The number of amides is 1. The molecule has 0 saturated heterocycles. The molecule has 3 aromatic rings. The summed E-state index contributed by atoms with van der Waals surface area (Å²) in [5, 5.41) is 12.0. The number of nitrogens with one attached hydrogen (secondary N) is 1. The molecule has 0 radical (unpaired) electrons. The Hall–Kier alpha value is -3.31. The first-order chi connectivity index (χ1) is 14.1. The fourth-order valence-electron chi connectivity index (χ4n) is 3.60. The van der Waals surface area contributed by atoms with Crippen LogP contribution < -0.4 is 10.1 Å². The number of ether oxygens (including phenoxy) is 2. The first-order valence-electron chi connectivity index (χ1n) is 9.65. The predicted molar refractivity (Wildman–Crippen MR) is 112 cm³/mol. The van der Waals surface area contributed by atoms with Crippen LogP contribution in [0.1, 0.15) is 24.0 Å². The zero-order chi connectivity index (χ0) is 20.2. The van der Waals surface area contributed by atoms with Gasteiger partial charge in [0.15, 0.2) is 0 Å². The van der Waals surface area contributed by atoms with Gasteiger partial charge in [-0.3, -0.25) is 5.32 Å². The summed E-state index contributed by atoms with van der Waals surface area (Å²) in [6.45, 7) is 2.15. The molecule has 0 fully saturated rings. The second-order valence-corrected chi connectivity index (χ2v) is 7.13. The maximum absolute atomic E-state index is 12.3. The maximum atomic E-state index is 12.3. The molecule has 1 amide bonds. The van der Waals surface area contributed by atoms with Crippen molar-refractivity contribution in [2.24, 2.45) is 0 Å². The number of hydrogen-bond acceptors (Lipinski definition) is 4. The van der Waals surface area contributed by atoms with Crippen LogP contribution in [0.2, 0.25) is 0 Å².